The molecule has 2 nitrogen and oxygen atoms in total. The number of nitrogens with one attached hydrogen (secondary N) is 1. The van der Waals surface area contributed by atoms with Crippen molar-refractivity contribution in [2.45, 2.75) is 12.8 Å². The zero-order valence-corrected chi connectivity index (χ0v) is 6.33. The molecule has 1 N–H and O–H groups in total. The van der Waals surface area contributed by atoms with Crippen LogP contribution in [0.1, 0.15) is 12.8 Å². The molecule has 1 fully saturated rings. The van der Waals surface area contributed by atoms with Crippen molar-refractivity contribution in [2.24, 2.45) is 5.92 Å². The van der Waals surface area contributed by atoms with Crippen LogP contribution in [-0.4, -0.2) is 18.0 Å². The first-order chi connectivity index (χ1) is 4.33. The largest absolute Gasteiger partial charge is 0.347 e. The van der Waals surface area contributed by atoms with E-state index in [2.05, 4.69) is 5.32 Å². The van der Waals surface area contributed by atoms with Gasteiger partial charge >= 0.3 is 0 Å². The van der Waals surface area contributed by atoms with Crippen LogP contribution in [0.4, 0.5) is 4.79 Å². The van der Waals surface area contributed by atoms with Crippen molar-refractivity contribution < 1.29 is 4.79 Å². The van der Waals surface area contributed by atoms with E-state index >= 15 is 0 Å². The van der Waals surface area contributed by atoms with Gasteiger partial charge < -0.3 is 5.32 Å². The molecular formula is C6H11NOS. The molecule has 1 aliphatic rings. The first kappa shape index (κ1) is 6.93. The number of carbonyl (C=O) groups is 1. The molecule has 0 aromatic rings. The van der Waals surface area contributed by atoms with Crippen molar-refractivity contribution in [3.8, 4) is 0 Å². The van der Waals surface area contributed by atoms with Crippen LogP contribution in [-0.2, 0) is 0 Å². The summed E-state index contributed by atoms with van der Waals surface area (Å²) in [6.45, 7) is 0.889. The molecule has 3 heteroatoms. The van der Waals surface area contributed by atoms with Gasteiger partial charge in [0.05, 0.1) is 0 Å². The van der Waals surface area contributed by atoms with Crippen molar-refractivity contribution in [3.63, 3.8) is 0 Å². The number of carbonyl (C=O) groups excluding carboxylic acids is 1. The van der Waals surface area contributed by atoms with Gasteiger partial charge in [-0.2, -0.15) is 0 Å². The van der Waals surface area contributed by atoms with Gasteiger partial charge in [0.2, 0.25) is 0 Å². The quantitative estimate of drug-likeness (QED) is 0.637. The summed E-state index contributed by atoms with van der Waals surface area (Å²) in [5, 5.41) is 2.92. The van der Waals surface area contributed by atoms with Crippen molar-refractivity contribution in [2.75, 3.05) is 12.8 Å². The summed E-state index contributed by atoms with van der Waals surface area (Å²) in [5.41, 5.74) is 0. The first-order valence-corrected chi connectivity index (χ1v) is 4.37. The van der Waals surface area contributed by atoms with E-state index in [-0.39, 0.29) is 5.24 Å². The van der Waals surface area contributed by atoms with Crippen LogP contribution >= 0.6 is 11.8 Å². The highest BCUT2D eigenvalue weighted by Gasteiger charge is 2.21. The molecular weight excluding hydrogens is 134 g/mol. The molecule has 0 aromatic carbocycles. The van der Waals surface area contributed by atoms with Crippen molar-refractivity contribution in [1.82, 2.24) is 5.32 Å². The van der Waals surface area contributed by atoms with Crippen LogP contribution in [0.25, 0.3) is 0 Å². The molecule has 0 saturated heterocycles. The van der Waals surface area contributed by atoms with Gasteiger partial charge in [-0.15, -0.1) is 0 Å². The lowest BCUT2D eigenvalue weighted by Crippen LogP contribution is -2.20. The third kappa shape index (κ3) is 2.75. The summed E-state index contributed by atoms with van der Waals surface area (Å²) in [6.07, 6.45) is 4.39. The lowest BCUT2D eigenvalue weighted by molar-refractivity contribution is 0.260. The summed E-state index contributed by atoms with van der Waals surface area (Å²) < 4.78 is 0. The molecule has 1 aliphatic carbocycles. The van der Waals surface area contributed by atoms with Crippen LogP contribution in [0, 0.1) is 5.92 Å². The summed E-state index contributed by atoms with van der Waals surface area (Å²) in [4.78, 5) is 10.6. The molecule has 0 unspecified atom stereocenters. The monoisotopic (exact) mass is 145 g/mol. The predicted octanol–water partition coefficient (Wildman–Crippen LogP) is 1.47. The Hall–Kier alpha value is -0.180. The maximum Gasteiger partial charge on any atom is 0.278 e. The van der Waals surface area contributed by atoms with E-state index in [0.717, 1.165) is 12.5 Å². The van der Waals surface area contributed by atoms with Crippen LogP contribution < -0.4 is 5.32 Å². The fourth-order valence-electron chi connectivity index (χ4n) is 0.622. The van der Waals surface area contributed by atoms with E-state index in [0.29, 0.717) is 0 Å². The summed E-state index contributed by atoms with van der Waals surface area (Å²) >= 11 is 1.24. The molecule has 52 valence electrons. The maximum atomic E-state index is 10.6. The van der Waals surface area contributed by atoms with Gasteiger partial charge in [-0.25, -0.2) is 0 Å². The third-order valence-electron chi connectivity index (χ3n) is 1.42. The second-order valence-corrected chi connectivity index (χ2v) is 3.09. The molecule has 0 spiro atoms. The van der Waals surface area contributed by atoms with E-state index in [1.54, 1.807) is 6.26 Å². The zero-order valence-electron chi connectivity index (χ0n) is 5.52. The summed E-state index contributed by atoms with van der Waals surface area (Å²) in [7, 11) is 0. The molecule has 0 aliphatic heterocycles. The number of amides is 1. The molecule has 9 heavy (non-hydrogen) atoms. The Morgan fingerprint density at radius 3 is 2.89 bits per heavy atom. The van der Waals surface area contributed by atoms with Crippen molar-refractivity contribution in [1.29, 1.82) is 0 Å². The second-order valence-electron chi connectivity index (χ2n) is 2.32. The van der Waals surface area contributed by atoms with Gasteiger partial charge in [0.25, 0.3) is 5.24 Å². The van der Waals surface area contributed by atoms with Crippen LogP contribution in [0.2, 0.25) is 0 Å². The topological polar surface area (TPSA) is 29.1 Å². The van der Waals surface area contributed by atoms with Gasteiger partial charge in [-0.3, -0.25) is 4.79 Å². The normalized spacial score (nSPS) is 17.4. The number of hydrogen-bond acceptors (Lipinski definition) is 2. The molecule has 1 rings (SSSR count). The molecule has 0 bridgehead atoms. The smallest absolute Gasteiger partial charge is 0.278 e. The minimum Gasteiger partial charge on any atom is -0.347 e. The van der Waals surface area contributed by atoms with Gasteiger partial charge in [0.15, 0.2) is 0 Å². The molecule has 1 saturated carbocycles. The van der Waals surface area contributed by atoms with Gasteiger partial charge in [0, 0.05) is 6.54 Å². The van der Waals surface area contributed by atoms with Gasteiger partial charge in [0.1, 0.15) is 0 Å². The van der Waals surface area contributed by atoms with Gasteiger partial charge in [-0.1, -0.05) is 11.8 Å². The van der Waals surface area contributed by atoms with Crippen molar-refractivity contribution >= 4 is 17.0 Å². The lowest BCUT2D eigenvalue weighted by Gasteiger charge is -1.97. The van der Waals surface area contributed by atoms with Gasteiger partial charge in [-0.05, 0) is 25.0 Å². The van der Waals surface area contributed by atoms with E-state index in [1.165, 1.54) is 24.6 Å². The molecule has 0 heterocycles. The third-order valence-corrected chi connectivity index (χ3v) is 1.93. The Balaban J connectivity index is 1.96. The van der Waals surface area contributed by atoms with Crippen LogP contribution in [0.5, 0.6) is 0 Å². The van der Waals surface area contributed by atoms with E-state index in [1.807, 2.05) is 0 Å². The average Bonchev–Trinajstić information content (AvgIpc) is 2.65. The van der Waals surface area contributed by atoms with Crippen LogP contribution in [0.15, 0.2) is 0 Å². The Labute approximate surface area is 59.4 Å². The minimum absolute atomic E-state index is 0.0990. The fraction of sp³-hybridized carbons (Fsp3) is 0.833. The highest BCUT2D eigenvalue weighted by molar-refractivity contribution is 8.12. The maximum absolute atomic E-state index is 10.6. The zero-order chi connectivity index (χ0) is 6.69. The summed E-state index contributed by atoms with van der Waals surface area (Å²) in [6, 6.07) is 0. The Bertz CT molecular complexity index is 112. The van der Waals surface area contributed by atoms with E-state index in [4.69, 9.17) is 0 Å². The second kappa shape index (κ2) is 3.11. The Morgan fingerprint density at radius 2 is 2.44 bits per heavy atom. The lowest BCUT2D eigenvalue weighted by atomic mass is 10.4. The van der Waals surface area contributed by atoms with Crippen LogP contribution in [0.3, 0.4) is 0 Å². The molecule has 1 amide bonds. The van der Waals surface area contributed by atoms with E-state index < -0.39 is 0 Å². The number of rotatable bonds is 2. The van der Waals surface area contributed by atoms with E-state index in [9.17, 15) is 4.79 Å². The minimum atomic E-state index is 0.0990. The highest BCUT2D eigenvalue weighted by Crippen LogP contribution is 2.27. The average molecular weight is 145 g/mol. The Morgan fingerprint density at radius 1 is 1.78 bits per heavy atom. The molecule has 0 radical (unpaired) electrons. The fourth-order valence-corrected chi connectivity index (χ4v) is 0.849. The predicted molar refractivity (Wildman–Crippen MR) is 39.6 cm³/mol. The molecule has 0 atom stereocenters. The molecule has 0 aromatic heterocycles. The Kier molecular flexibility index (Phi) is 2.39. The number of hydrogen-bond donors (Lipinski definition) is 1. The first-order valence-electron chi connectivity index (χ1n) is 3.14. The summed E-state index contributed by atoms with van der Waals surface area (Å²) in [5.74, 6) is 0.793. The number of thioether (sulfide) groups is 1. The SMILES string of the molecule is CSC(=O)NCC1CC1. The van der Waals surface area contributed by atoms with Crippen molar-refractivity contribution in [3.05, 3.63) is 0 Å². The standard InChI is InChI=1S/C6H11NOS/c1-9-6(8)7-4-5-2-3-5/h5H,2-4H2,1H3,(H,7,8). The highest BCUT2D eigenvalue weighted by atomic mass is 32.2.